The second-order valence-electron chi connectivity index (χ2n) is 8.46. The van der Waals surface area contributed by atoms with Gasteiger partial charge in [-0.1, -0.05) is 29.8 Å². The summed E-state index contributed by atoms with van der Waals surface area (Å²) in [7, 11) is -4.15. The van der Waals surface area contributed by atoms with E-state index < -0.39 is 15.9 Å². The van der Waals surface area contributed by atoms with Crippen LogP contribution in [-0.2, 0) is 24.0 Å². The smallest absolute Gasteiger partial charge is 0.260 e. The largest absolute Gasteiger partial charge is 0.448 e. The van der Waals surface area contributed by atoms with E-state index in [-0.39, 0.29) is 40.5 Å². The summed E-state index contributed by atoms with van der Waals surface area (Å²) in [5.74, 6) is 0.0196. The van der Waals surface area contributed by atoms with Gasteiger partial charge in [-0.25, -0.2) is 8.42 Å². The number of fused-ring (bicyclic) bond motifs is 1. The average Bonchev–Trinajstić information content (AvgIpc) is 3.59. The average molecular weight is 591 g/mol. The molecule has 2 heterocycles. The van der Waals surface area contributed by atoms with Crippen LogP contribution in [0.4, 0.5) is 0 Å². The van der Waals surface area contributed by atoms with Gasteiger partial charge in [0.2, 0.25) is 9.84 Å². The highest BCUT2D eigenvalue weighted by molar-refractivity contribution is 8.00. The Hall–Kier alpha value is -3.46. The van der Waals surface area contributed by atoms with Crippen LogP contribution in [0.3, 0.4) is 0 Å². The zero-order valence-electron chi connectivity index (χ0n) is 21.8. The number of nitrogens with two attached hydrogens (primary N) is 2. The summed E-state index contributed by atoms with van der Waals surface area (Å²) >= 11 is 6.24. The number of halogens is 1. The van der Waals surface area contributed by atoms with Crippen molar-refractivity contribution in [2.45, 2.75) is 17.9 Å². The molecule has 214 valence electrons. The first kappa shape index (κ1) is 29.5. The molecule has 0 aliphatic heterocycles. The first-order chi connectivity index (χ1) is 19.3. The van der Waals surface area contributed by atoms with E-state index in [4.69, 9.17) is 42.0 Å². The van der Waals surface area contributed by atoms with Gasteiger partial charge in [0.1, 0.15) is 10.6 Å². The number of nitrogens with zero attached hydrogens (tertiary/aromatic N) is 2. The molecular weight excluding hydrogens is 560 g/mol. The maximum Gasteiger partial charge on any atom is 0.260 e. The van der Waals surface area contributed by atoms with E-state index >= 15 is 0 Å². The van der Waals surface area contributed by atoms with Crippen LogP contribution >= 0.6 is 11.6 Å². The summed E-state index contributed by atoms with van der Waals surface area (Å²) in [6, 6.07) is 11.8. The lowest BCUT2D eigenvalue weighted by atomic mass is 10.1. The second-order valence-corrected chi connectivity index (χ2v) is 10.8. The molecule has 2 aromatic heterocycles. The van der Waals surface area contributed by atoms with Gasteiger partial charge in [0.25, 0.3) is 5.88 Å². The number of H-pyrrole nitrogens is 2. The molecule has 0 spiro atoms. The Morgan fingerprint density at radius 3 is 2.50 bits per heavy atom. The summed E-state index contributed by atoms with van der Waals surface area (Å²) in [5, 5.41) is 11.5. The van der Waals surface area contributed by atoms with Gasteiger partial charge in [-0.15, -0.1) is 5.10 Å². The summed E-state index contributed by atoms with van der Waals surface area (Å²) < 4.78 is 49.5. The highest BCUT2D eigenvalue weighted by atomic mass is 35.5. The standard InChI is InChI=1S/C26H31ClN6O6S/c1-2-36-10-11-37-12-13-38-16-39-26-24(31-33-32-26)22(28)23(29)25(40(34,35)18-6-4-3-5-7-18)20-15-30-21-9-8-17(27)14-19(20)21/h3-9,14-15,22,30H,2,10-13,16,28-29H2,1H3,(H,31,32,33). The molecular formula is C26H31ClN6O6S. The highest BCUT2D eigenvalue weighted by Crippen LogP contribution is 2.38. The Bertz CT molecular complexity index is 1540. The number of rotatable bonds is 15. The van der Waals surface area contributed by atoms with Crippen molar-refractivity contribution in [3.63, 3.8) is 0 Å². The number of aromatic nitrogens is 4. The Labute approximate surface area is 236 Å². The second kappa shape index (κ2) is 13.7. The lowest BCUT2D eigenvalue weighted by Crippen LogP contribution is -2.24. The van der Waals surface area contributed by atoms with Crippen molar-refractivity contribution < 1.29 is 27.4 Å². The Morgan fingerprint density at radius 2 is 1.75 bits per heavy atom. The molecule has 1 unspecified atom stereocenters. The molecule has 0 fully saturated rings. The van der Waals surface area contributed by atoms with Gasteiger partial charge in [0.05, 0.1) is 43.1 Å². The van der Waals surface area contributed by atoms with Crippen LogP contribution < -0.4 is 16.2 Å². The van der Waals surface area contributed by atoms with Gasteiger partial charge in [-0.05, 0) is 37.3 Å². The molecule has 14 heteroatoms. The van der Waals surface area contributed by atoms with Crippen LogP contribution in [0.25, 0.3) is 15.8 Å². The first-order valence-corrected chi connectivity index (χ1v) is 14.3. The first-order valence-electron chi connectivity index (χ1n) is 12.4. The van der Waals surface area contributed by atoms with Crippen molar-refractivity contribution in [3.8, 4) is 5.88 Å². The monoisotopic (exact) mass is 590 g/mol. The molecule has 0 aliphatic rings. The van der Waals surface area contributed by atoms with Crippen LogP contribution in [0.5, 0.6) is 5.88 Å². The molecule has 4 aromatic rings. The molecule has 0 radical (unpaired) electrons. The molecule has 12 nitrogen and oxygen atoms in total. The summed E-state index contributed by atoms with van der Waals surface area (Å²) in [4.78, 5) is 2.93. The Balaban J connectivity index is 1.60. The maximum absolute atomic E-state index is 14.0. The fourth-order valence-electron chi connectivity index (χ4n) is 3.92. The van der Waals surface area contributed by atoms with Crippen molar-refractivity contribution in [1.29, 1.82) is 0 Å². The molecule has 40 heavy (non-hydrogen) atoms. The van der Waals surface area contributed by atoms with Gasteiger partial charge in [0.15, 0.2) is 6.79 Å². The molecule has 4 rings (SSSR count). The molecule has 0 saturated heterocycles. The minimum Gasteiger partial charge on any atom is -0.448 e. The fraction of sp³-hybridized carbons (Fsp3) is 0.308. The van der Waals surface area contributed by atoms with Gasteiger partial charge >= 0.3 is 0 Å². The van der Waals surface area contributed by atoms with Crippen LogP contribution in [0.2, 0.25) is 5.02 Å². The molecule has 0 aliphatic carbocycles. The minimum atomic E-state index is -4.15. The highest BCUT2D eigenvalue weighted by Gasteiger charge is 2.32. The van der Waals surface area contributed by atoms with Crippen molar-refractivity contribution >= 4 is 37.2 Å². The number of hydrogen-bond donors (Lipinski definition) is 4. The fourth-order valence-corrected chi connectivity index (χ4v) is 5.74. The van der Waals surface area contributed by atoms with E-state index in [0.29, 0.717) is 47.9 Å². The van der Waals surface area contributed by atoms with Crippen LogP contribution in [0, 0.1) is 0 Å². The number of sulfone groups is 1. The van der Waals surface area contributed by atoms with Crippen LogP contribution in [0.1, 0.15) is 24.2 Å². The summed E-state index contributed by atoms with van der Waals surface area (Å²) in [6.07, 6.45) is 1.56. The lowest BCUT2D eigenvalue weighted by molar-refractivity contribution is -0.0276. The normalized spacial score (nSPS) is 13.4. The Kier molecular flexibility index (Phi) is 10.1. The van der Waals surface area contributed by atoms with Crippen LogP contribution in [0.15, 0.2) is 65.3 Å². The minimum absolute atomic E-state index is 0.0196. The number of benzene rings is 2. The number of hydrogen-bond acceptors (Lipinski definition) is 10. The van der Waals surface area contributed by atoms with E-state index in [2.05, 4.69) is 20.4 Å². The van der Waals surface area contributed by atoms with E-state index in [9.17, 15) is 8.42 Å². The van der Waals surface area contributed by atoms with E-state index in [1.807, 2.05) is 6.92 Å². The third-order valence-electron chi connectivity index (χ3n) is 5.87. The van der Waals surface area contributed by atoms with Crippen molar-refractivity contribution in [3.05, 3.63) is 76.7 Å². The predicted molar refractivity (Wildman–Crippen MR) is 150 cm³/mol. The molecule has 0 bridgehead atoms. The number of nitrogens with one attached hydrogen (secondary N) is 2. The predicted octanol–water partition coefficient (Wildman–Crippen LogP) is 3.15. The topological polar surface area (TPSA) is 180 Å². The van der Waals surface area contributed by atoms with Gasteiger partial charge in [0, 0.05) is 34.3 Å². The molecule has 6 N–H and O–H groups in total. The van der Waals surface area contributed by atoms with Gasteiger partial charge in [-0.2, -0.15) is 10.3 Å². The molecule has 2 aromatic carbocycles. The number of aromatic amines is 2. The van der Waals surface area contributed by atoms with Crippen molar-refractivity contribution in [2.75, 3.05) is 39.8 Å². The summed E-state index contributed by atoms with van der Waals surface area (Å²) in [5.41, 5.74) is 14.0. The SMILES string of the molecule is CCOCCOCCOCOc1n[nH]nc1C(N)C(N)=C(c1c[nH]c2ccc(Cl)cc12)S(=O)(=O)c1ccccc1. The molecule has 0 amide bonds. The zero-order chi connectivity index (χ0) is 28.5. The van der Waals surface area contributed by atoms with E-state index in [0.717, 1.165) is 0 Å². The van der Waals surface area contributed by atoms with E-state index in [1.54, 1.807) is 42.6 Å². The Morgan fingerprint density at radius 1 is 1.02 bits per heavy atom. The van der Waals surface area contributed by atoms with Gasteiger partial charge < -0.3 is 35.4 Å². The van der Waals surface area contributed by atoms with Gasteiger partial charge in [-0.3, -0.25) is 0 Å². The third kappa shape index (κ3) is 6.81. The molecule has 0 saturated carbocycles. The van der Waals surface area contributed by atoms with Crippen molar-refractivity contribution in [1.82, 2.24) is 20.4 Å². The molecule has 1 atom stereocenters. The summed E-state index contributed by atoms with van der Waals surface area (Å²) in [6.45, 7) is 3.97. The number of ether oxygens (including phenoxy) is 4. The zero-order valence-corrected chi connectivity index (χ0v) is 23.4. The van der Waals surface area contributed by atoms with E-state index in [1.165, 1.54) is 12.1 Å². The lowest BCUT2D eigenvalue weighted by Gasteiger charge is -2.17. The maximum atomic E-state index is 14.0. The van der Waals surface area contributed by atoms with Crippen molar-refractivity contribution in [2.24, 2.45) is 11.5 Å². The van der Waals surface area contributed by atoms with Crippen LogP contribution in [-0.4, -0.2) is 68.6 Å². The third-order valence-corrected chi connectivity index (χ3v) is 7.99. The quantitative estimate of drug-likeness (QED) is 0.119.